The molecule has 2 aromatic carbocycles. The van der Waals surface area contributed by atoms with Crippen molar-refractivity contribution in [2.75, 3.05) is 0 Å². The Kier molecular flexibility index (Phi) is 5.95. The van der Waals surface area contributed by atoms with Gasteiger partial charge in [-0.05, 0) is 43.2 Å². The molecule has 0 radical (unpaired) electrons. The Morgan fingerprint density at radius 1 is 1.04 bits per heavy atom. The van der Waals surface area contributed by atoms with E-state index in [2.05, 4.69) is 16.9 Å². The number of nitrogens with zero attached hydrogens (tertiary/aromatic N) is 2. The maximum absolute atomic E-state index is 6.04. The molecule has 5 heteroatoms. The summed E-state index contributed by atoms with van der Waals surface area (Å²) < 4.78 is 5.90. The van der Waals surface area contributed by atoms with Crippen molar-refractivity contribution in [2.45, 2.75) is 31.2 Å². The molecule has 0 saturated heterocycles. The van der Waals surface area contributed by atoms with Gasteiger partial charge in [-0.15, -0.1) is 0 Å². The number of benzene rings is 2. The summed E-state index contributed by atoms with van der Waals surface area (Å²) in [6, 6.07) is 17.7. The van der Waals surface area contributed by atoms with Crippen molar-refractivity contribution in [1.82, 2.24) is 9.97 Å². The van der Waals surface area contributed by atoms with Crippen molar-refractivity contribution >= 4 is 23.4 Å². The van der Waals surface area contributed by atoms with Gasteiger partial charge in [0.1, 0.15) is 5.75 Å². The molecule has 3 nitrogen and oxygen atoms in total. The number of rotatable bonds is 6. The highest BCUT2D eigenvalue weighted by Gasteiger charge is 2.07. The SMILES string of the molecule is CCc1cc(Oc2ccc(C)cc2)nc(SCc2cccc(Cl)c2)n1. The third-order valence-corrected chi connectivity index (χ3v) is 4.75. The van der Waals surface area contributed by atoms with Gasteiger partial charge in [-0.2, -0.15) is 4.98 Å². The summed E-state index contributed by atoms with van der Waals surface area (Å²) in [4.78, 5) is 9.12. The number of thioether (sulfide) groups is 1. The van der Waals surface area contributed by atoms with Gasteiger partial charge >= 0.3 is 0 Å². The fourth-order valence-electron chi connectivity index (χ4n) is 2.25. The zero-order valence-corrected chi connectivity index (χ0v) is 15.8. The highest BCUT2D eigenvalue weighted by atomic mass is 35.5. The molecule has 0 atom stereocenters. The molecule has 0 amide bonds. The van der Waals surface area contributed by atoms with E-state index in [1.807, 2.05) is 61.5 Å². The minimum absolute atomic E-state index is 0.573. The standard InChI is InChI=1S/C20H19ClN2OS/c1-3-17-12-19(24-18-9-7-14(2)8-10-18)23-20(22-17)25-13-15-5-4-6-16(21)11-15/h4-12H,3,13H2,1-2H3. The van der Waals surface area contributed by atoms with Gasteiger partial charge in [0.05, 0.1) is 0 Å². The van der Waals surface area contributed by atoms with E-state index in [1.165, 1.54) is 5.56 Å². The van der Waals surface area contributed by atoms with E-state index in [9.17, 15) is 0 Å². The lowest BCUT2D eigenvalue weighted by molar-refractivity contribution is 0.454. The topological polar surface area (TPSA) is 35.0 Å². The highest BCUT2D eigenvalue weighted by Crippen LogP contribution is 2.26. The van der Waals surface area contributed by atoms with Crippen LogP contribution in [0.15, 0.2) is 59.8 Å². The first-order chi connectivity index (χ1) is 12.1. The molecule has 1 aromatic heterocycles. The zero-order chi connectivity index (χ0) is 17.6. The average molecular weight is 371 g/mol. The summed E-state index contributed by atoms with van der Waals surface area (Å²) in [7, 11) is 0. The van der Waals surface area contributed by atoms with Gasteiger partial charge in [0.25, 0.3) is 0 Å². The van der Waals surface area contributed by atoms with Gasteiger partial charge in [0.15, 0.2) is 5.16 Å². The van der Waals surface area contributed by atoms with Crippen LogP contribution in [0.4, 0.5) is 0 Å². The van der Waals surface area contributed by atoms with Crippen LogP contribution in [0.25, 0.3) is 0 Å². The number of hydrogen-bond donors (Lipinski definition) is 0. The molecule has 0 aliphatic rings. The number of aromatic nitrogens is 2. The van der Waals surface area contributed by atoms with Gasteiger partial charge in [-0.3, -0.25) is 0 Å². The van der Waals surface area contributed by atoms with E-state index >= 15 is 0 Å². The first kappa shape index (κ1) is 17.8. The van der Waals surface area contributed by atoms with Crippen molar-refractivity contribution in [3.63, 3.8) is 0 Å². The van der Waals surface area contributed by atoms with Gasteiger partial charge in [0.2, 0.25) is 5.88 Å². The fourth-order valence-corrected chi connectivity index (χ4v) is 3.27. The van der Waals surface area contributed by atoms with E-state index in [-0.39, 0.29) is 0 Å². The molecule has 25 heavy (non-hydrogen) atoms. The molecule has 0 spiro atoms. The maximum Gasteiger partial charge on any atom is 0.223 e. The predicted molar refractivity (Wildman–Crippen MR) is 104 cm³/mol. The molecule has 128 valence electrons. The van der Waals surface area contributed by atoms with Crippen LogP contribution in [0, 0.1) is 6.92 Å². The summed E-state index contributed by atoms with van der Waals surface area (Å²) in [6.07, 6.45) is 0.831. The fraction of sp³-hybridized carbons (Fsp3) is 0.200. The first-order valence-electron chi connectivity index (χ1n) is 8.12. The third kappa shape index (κ3) is 5.21. The molecular weight excluding hydrogens is 352 g/mol. The van der Waals surface area contributed by atoms with Crippen LogP contribution in [0.5, 0.6) is 11.6 Å². The molecule has 0 N–H and O–H groups in total. The van der Waals surface area contributed by atoms with Crippen LogP contribution in [0.1, 0.15) is 23.7 Å². The van der Waals surface area contributed by atoms with Gasteiger partial charge < -0.3 is 4.74 Å². The summed E-state index contributed by atoms with van der Waals surface area (Å²) in [5.41, 5.74) is 3.30. The van der Waals surface area contributed by atoms with Crippen molar-refractivity contribution in [1.29, 1.82) is 0 Å². The molecule has 3 aromatic rings. The lowest BCUT2D eigenvalue weighted by Crippen LogP contribution is -1.97. The molecule has 1 heterocycles. The second-order valence-electron chi connectivity index (χ2n) is 5.67. The predicted octanol–water partition coefficient (Wildman–Crippen LogP) is 6.09. The van der Waals surface area contributed by atoms with Crippen molar-refractivity contribution in [3.05, 3.63) is 76.4 Å². The molecule has 0 aliphatic carbocycles. The monoisotopic (exact) mass is 370 g/mol. The van der Waals surface area contributed by atoms with Crippen LogP contribution in [-0.2, 0) is 12.2 Å². The Hall–Kier alpha value is -2.04. The first-order valence-corrected chi connectivity index (χ1v) is 9.48. The third-order valence-electron chi connectivity index (χ3n) is 3.60. The lowest BCUT2D eigenvalue weighted by Gasteiger charge is -2.09. The summed E-state index contributed by atoms with van der Waals surface area (Å²) in [5, 5.41) is 1.45. The summed E-state index contributed by atoms with van der Waals surface area (Å²) in [6.45, 7) is 4.12. The molecule has 0 fully saturated rings. The van der Waals surface area contributed by atoms with Crippen LogP contribution >= 0.6 is 23.4 Å². The summed E-state index contributed by atoms with van der Waals surface area (Å²) >= 11 is 7.62. The molecule has 0 saturated carbocycles. The largest absolute Gasteiger partial charge is 0.439 e. The van der Waals surface area contributed by atoms with Crippen molar-refractivity contribution in [2.24, 2.45) is 0 Å². The average Bonchev–Trinajstić information content (AvgIpc) is 2.62. The highest BCUT2D eigenvalue weighted by molar-refractivity contribution is 7.98. The molecule has 0 unspecified atom stereocenters. The second-order valence-corrected chi connectivity index (χ2v) is 7.05. The second kappa shape index (κ2) is 8.37. The minimum Gasteiger partial charge on any atom is -0.439 e. The number of aryl methyl sites for hydroxylation is 2. The van der Waals surface area contributed by atoms with Crippen LogP contribution in [0.3, 0.4) is 0 Å². The summed E-state index contributed by atoms with van der Waals surface area (Å²) in [5.74, 6) is 2.11. The Bertz CT molecular complexity index is 853. The molecule has 3 rings (SSSR count). The normalized spacial score (nSPS) is 10.7. The van der Waals surface area contributed by atoms with Crippen molar-refractivity contribution in [3.8, 4) is 11.6 Å². The van der Waals surface area contributed by atoms with E-state index in [0.717, 1.165) is 34.2 Å². The quantitative estimate of drug-likeness (QED) is 0.388. The van der Waals surface area contributed by atoms with Crippen molar-refractivity contribution < 1.29 is 4.74 Å². The molecular formula is C20H19ClN2OS. The van der Waals surface area contributed by atoms with Crippen LogP contribution in [-0.4, -0.2) is 9.97 Å². The smallest absolute Gasteiger partial charge is 0.223 e. The van der Waals surface area contributed by atoms with E-state index in [1.54, 1.807) is 11.8 Å². The van der Waals surface area contributed by atoms with Crippen LogP contribution in [0.2, 0.25) is 5.02 Å². The van der Waals surface area contributed by atoms with Gasteiger partial charge in [-0.25, -0.2) is 4.98 Å². The Labute approximate surface area is 157 Å². The van der Waals surface area contributed by atoms with Gasteiger partial charge in [-0.1, -0.05) is 60.1 Å². The van der Waals surface area contributed by atoms with Crippen LogP contribution < -0.4 is 4.74 Å². The Balaban J connectivity index is 1.76. The number of ether oxygens (including phenoxy) is 1. The lowest BCUT2D eigenvalue weighted by atomic mass is 10.2. The maximum atomic E-state index is 6.04. The number of halogens is 1. The number of hydrogen-bond acceptors (Lipinski definition) is 4. The van der Waals surface area contributed by atoms with E-state index in [4.69, 9.17) is 16.3 Å². The zero-order valence-electron chi connectivity index (χ0n) is 14.2. The van der Waals surface area contributed by atoms with E-state index in [0.29, 0.717) is 11.0 Å². The van der Waals surface area contributed by atoms with E-state index < -0.39 is 0 Å². The molecule has 0 aliphatic heterocycles. The Morgan fingerprint density at radius 3 is 2.56 bits per heavy atom. The molecule has 0 bridgehead atoms. The minimum atomic E-state index is 0.573. The Morgan fingerprint density at radius 2 is 1.84 bits per heavy atom. The van der Waals surface area contributed by atoms with Gasteiger partial charge in [0, 0.05) is 22.5 Å².